The minimum atomic E-state index is 1.05. The van der Waals surface area contributed by atoms with Crippen molar-refractivity contribution in [2.24, 2.45) is 0 Å². The van der Waals surface area contributed by atoms with Crippen LogP contribution in [0.1, 0.15) is 0 Å². The lowest BCUT2D eigenvalue weighted by Crippen LogP contribution is -1.79. The molecule has 0 spiro atoms. The predicted octanol–water partition coefficient (Wildman–Crippen LogP) is 5.87. The van der Waals surface area contributed by atoms with Gasteiger partial charge in [-0.3, -0.25) is 0 Å². The molecule has 3 aromatic rings. The number of benzene rings is 2. The molecular formula is C16H11Br2N. The largest absolute Gasteiger partial charge is 0.353 e. The normalized spacial score (nSPS) is 10.6. The lowest BCUT2D eigenvalue weighted by molar-refractivity contribution is 1.38. The first-order valence-corrected chi connectivity index (χ1v) is 7.54. The Balaban J connectivity index is 2.16. The quantitative estimate of drug-likeness (QED) is 0.575. The first-order valence-electron chi connectivity index (χ1n) is 5.95. The second kappa shape index (κ2) is 5.35. The van der Waals surface area contributed by atoms with Gasteiger partial charge in [-0.15, -0.1) is 0 Å². The summed E-state index contributed by atoms with van der Waals surface area (Å²) in [5.74, 6) is 0. The standard InChI is InChI=1S/C16H11Br2N/c17-13-14(18)16(12-9-5-2-6-10-12)19-15(13)11-7-3-1-4-8-11/h1-10,19H. The highest BCUT2D eigenvalue weighted by atomic mass is 79.9. The number of hydrogen-bond acceptors (Lipinski definition) is 0. The van der Waals surface area contributed by atoms with Crippen LogP contribution in [0.2, 0.25) is 0 Å². The third-order valence-corrected chi connectivity index (χ3v) is 5.12. The summed E-state index contributed by atoms with van der Waals surface area (Å²) in [4.78, 5) is 3.49. The number of aromatic nitrogens is 1. The van der Waals surface area contributed by atoms with Gasteiger partial charge in [0.1, 0.15) is 0 Å². The van der Waals surface area contributed by atoms with E-state index in [0.717, 1.165) is 31.5 Å². The molecule has 0 saturated carbocycles. The van der Waals surface area contributed by atoms with E-state index in [4.69, 9.17) is 0 Å². The van der Waals surface area contributed by atoms with Crippen molar-refractivity contribution in [2.75, 3.05) is 0 Å². The summed E-state index contributed by atoms with van der Waals surface area (Å²) in [5, 5.41) is 0. The lowest BCUT2D eigenvalue weighted by Gasteiger charge is -1.99. The molecule has 3 rings (SSSR count). The van der Waals surface area contributed by atoms with Crippen LogP contribution in [0.3, 0.4) is 0 Å². The number of nitrogens with one attached hydrogen (secondary N) is 1. The van der Waals surface area contributed by atoms with Gasteiger partial charge < -0.3 is 4.98 Å². The highest BCUT2D eigenvalue weighted by molar-refractivity contribution is 9.13. The van der Waals surface area contributed by atoms with Crippen molar-refractivity contribution in [1.29, 1.82) is 0 Å². The maximum Gasteiger partial charge on any atom is 0.0615 e. The molecule has 0 atom stereocenters. The zero-order valence-corrected chi connectivity index (χ0v) is 13.2. The molecule has 0 aliphatic carbocycles. The summed E-state index contributed by atoms with van der Waals surface area (Å²) in [6.45, 7) is 0. The van der Waals surface area contributed by atoms with Crippen LogP contribution in [-0.2, 0) is 0 Å². The van der Waals surface area contributed by atoms with Gasteiger partial charge in [-0.1, -0.05) is 60.7 Å². The van der Waals surface area contributed by atoms with E-state index in [9.17, 15) is 0 Å². The molecule has 0 aliphatic heterocycles. The van der Waals surface area contributed by atoms with Crippen molar-refractivity contribution in [3.05, 3.63) is 69.6 Å². The Morgan fingerprint density at radius 3 is 1.32 bits per heavy atom. The Bertz CT molecular complexity index is 628. The van der Waals surface area contributed by atoms with Crippen LogP contribution in [0.4, 0.5) is 0 Å². The molecule has 3 heteroatoms. The van der Waals surface area contributed by atoms with Gasteiger partial charge in [0.05, 0.1) is 20.3 Å². The van der Waals surface area contributed by atoms with E-state index in [-0.39, 0.29) is 0 Å². The molecule has 1 aromatic heterocycles. The van der Waals surface area contributed by atoms with E-state index in [1.54, 1.807) is 0 Å². The monoisotopic (exact) mass is 375 g/mol. The molecule has 1 nitrogen and oxygen atoms in total. The van der Waals surface area contributed by atoms with Crippen LogP contribution in [-0.4, -0.2) is 4.98 Å². The Hall–Kier alpha value is -1.32. The fourth-order valence-corrected chi connectivity index (χ4v) is 3.11. The second-order valence-electron chi connectivity index (χ2n) is 4.24. The van der Waals surface area contributed by atoms with Crippen LogP contribution in [0.15, 0.2) is 69.6 Å². The highest BCUT2D eigenvalue weighted by Crippen LogP contribution is 2.40. The molecule has 1 heterocycles. The van der Waals surface area contributed by atoms with E-state index in [1.807, 2.05) is 36.4 Å². The van der Waals surface area contributed by atoms with Crippen molar-refractivity contribution in [2.45, 2.75) is 0 Å². The van der Waals surface area contributed by atoms with Crippen molar-refractivity contribution in [1.82, 2.24) is 4.98 Å². The summed E-state index contributed by atoms with van der Waals surface area (Å²) in [6, 6.07) is 20.6. The van der Waals surface area contributed by atoms with E-state index in [0.29, 0.717) is 0 Å². The van der Waals surface area contributed by atoms with Crippen LogP contribution in [0.25, 0.3) is 22.5 Å². The third-order valence-electron chi connectivity index (χ3n) is 3.01. The van der Waals surface area contributed by atoms with E-state index in [2.05, 4.69) is 61.1 Å². The number of H-pyrrole nitrogens is 1. The average Bonchev–Trinajstić information content (AvgIpc) is 2.77. The summed E-state index contributed by atoms with van der Waals surface area (Å²) in [6.07, 6.45) is 0. The first-order chi connectivity index (χ1) is 9.27. The minimum absolute atomic E-state index is 1.05. The summed E-state index contributed by atoms with van der Waals surface area (Å²) in [7, 11) is 0. The smallest absolute Gasteiger partial charge is 0.0615 e. The van der Waals surface area contributed by atoms with E-state index < -0.39 is 0 Å². The Morgan fingerprint density at radius 1 is 0.579 bits per heavy atom. The second-order valence-corrected chi connectivity index (χ2v) is 5.82. The van der Waals surface area contributed by atoms with Crippen molar-refractivity contribution in [3.63, 3.8) is 0 Å². The SMILES string of the molecule is Brc1c(-c2ccccc2)[nH]c(-c2ccccc2)c1Br. The molecular weight excluding hydrogens is 366 g/mol. The third kappa shape index (κ3) is 2.40. The molecule has 0 aliphatic rings. The van der Waals surface area contributed by atoms with Gasteiger partial charge in [0, 0.05) is 0 Å². The van der Waals surface area contributed by atoms with Crippen molar-refractivity contribution >= 4 is 31.9 Å². The van der Waals surface area contributed by atoms with Crippen LogP contribution in [0, 0.1) is 0 Å². The summed E-state index contributed by atoms with van der Waals surface area (Å²) < 4.78 is 2.11. The Morgan fingerprint density at radius 2 is 0.947 bits per heavy atom. The summed E-state index contributed by atoms with van der Waals surface area (Å²) >= 11 is 7.31. The topological polar surface area (TPSA) is 15.8 Å². The lowest BCUT2D eigenvalue weighted by atomic mass is 10.1. The number of aromatic amines is 1. The average molecular weight is 377 g/mol. The Kier molecular flexibility index (Phi) is 3.58. The van der Waals surface area contributed by atoms with E-state index in [1.165, 1.54) is 0 Å². The number of halogens is 2. The van der Waals surface area contributed by atoms with Crippen molar-refractivity contribution in [3.8, 4) is 22.5 Å². The molecule has 0 amide bonds. The molecule has 0 radical (unpaired) electrons. The van der Waals surface area contributed by atoms with Gasteiger partial charge in [0.25, 0.3) is 0 Å². The van der Waals surface area contributed by atoms with Gasteiger partial charge >= 0.3 is 0 Å². The van der Waals surface area contributed by atoms with Gasteiger partial charge in [-0.2, -0.15) is 0 Å². The fraction of sp³-hybridized carbons (Fsp3) is 0. The fourth-order valence-electron chi connectivity index (χ4n) is 2.06. The van der Waals surface area contributed by atoms with E-state index >= 15 is 0 Å². The Labute approximate surface area is 128 Å². The maximum atomic E-state index is 3.66. The summed E-state index contributed by atoms with van der Waals surface area (Å²) in [5.41, 5.74) is 4.51. The maximum absolute atomic E-state index is 3.66. The predicted molar refractivity (Wildman–Crippen MR) is 87.1 cm³/mol. The zero-order chi connectivity index (χ0) is 13.2. The molecule has 1 N–H and O–H groups in total. The molecule has 0 bridgehead atoms. The number of rotatable bonds is 2. The van der Waals surface area contributed by atoms with Gasteiger partial charge in [-0.25, -0.2) is 0 Å². The van der Waals surface area contributed by atoms with Gasteiger partial charge in [-0.05, 0) is 43.0 Å². The molecule has 19 heavy (non-hydrogen) atoms. The van der Waals surface area contributed by atoms with Gasteiger partial charge in [0.2, 0.25) is 0 Å². The first kappa shape index (κ1) is 12.7. The minimum Gasteiger partial charge on any atom is -0.353 e. The molecule has 0 fully saturated rings. The molecule has 0 saturated heterocycles. The van der Waals surface area contributed by atoms with Crippen LogP contribution in [0.5, 0.6) is 0 Å². The van der Waals surface area contributed by atoms with Crippen LogP contribution >= 0.6 is 31.9 Å². The number of hydrogen-bond donors (Lipinski definition) is 1. The molecule has 94 valence electrons. The highest BCUT2D eigenvalue weighted by Gasteiger charge is 2.15. The zero-order valence-electron chi connectivity index (χ0n) is 10.0. The van der Waals surface area contributed by atoms with Crippen LogP contribution < -0.4 is 0 Å². The molecule has 2 aromatic carbocycles. The van der Waals surface area contributed by atoms with Crippen molar-refractivity contribution < 1.29 is 0 Å². The molecule has 0 unspecified atom stereocenters. The van der Waals surface area contributed by atoms with Gasteiger partial charge in [0.15, 0.2) is 0 Å².